The summed E-state index contributed by atoms with van der Waals surface area (Å²) in [4.78, 5) is 3.37. The molecular weight excluding hydrogens is 354 g/mol. The molecule has 0 saturated carbocycles. The molecule has 1 aromatic carbocycles. The van der Waals surface area contributed by atoms with E-state index in [0.717, 1.165) is 29.1 Å². The van der Waals surface area contributed by atoms with Crippen LogP contribution in [0.15, 0.2) is 52.1 Å². The third-order valence-electron chi connectivity index (χ3n) is 5.66. The van der Waals surface area contributed by atoms with E-state index < -0.39 is 11.3 Å². The van der Waals surface area contributed by atoms with Gasteiger partial charge in [0.15, 0.2) is 5.41 Å². The van der Waals surface area contributed by atoms with Gasteiger partial charge in [0, 0.05) is 29.8 Å². The molecule has 6 heteroatoms. The first kappa shape index (κ1) is 19.1. The van der Waals surface area contributed by atoms with E-state index in [2.05, 4.69) is 30.0 Å². The van der Waals surface area contributed by atoms with Crippen LogP contribution in [0.2, 0.25) is 0 Å². The van der Waals surface area contributed by atoms with Gasteiger partial charge in [-0.05, 0) is 36.1 Å². The van der Waals surface area contributed by atoms with E-state index in [1.54, 1.807) is 11.8 Å². The van der Waals surface area contributed by atoms with Crippen molar-refractivity contribution < 1.29 is 0 Å². The fraction of sp³-hybridized carbons (Fsp3) is 0.381. The number of nitrogens with zero attached hydrogens (tertiary/aromatic N) is 4. The van der Waals surface area contributed by atoms with Crippen molar-refractivity contribution in [1.29, 1.82) is 15.8 Å². The Balaban J connectivity index is 2.27. The van der Waals surface area contributed by atoms with Gasteiger partial charge in [0.1, 0.15) is 6.07 Å². The van der Waals surface area contributed by atoms with Crippen LogP contribution in [0, 0.1) is 45.3 Å². The topological polar surface area (TPSA) is 101 Å². The molecule has 0 aromatic heterocycles. The Hall–Kier alpha value is -2.72. The quantitative estimate of drug-likeness (QED) is 0.815. The fourth-order valence-electron chi connectivity index (χ4n) is 4.19. The van der Waals surface area contributed by atoms with Gasteiger partial charge in [-0.2, -0.15) is 15.8 Å². The van der Waals surface area contributed by atoms with Gasteiger partial charge in [0.2, 0.25) is 0 Å². The van der Waals surface area contributed by atoms with E-state index in [1.165, 1.54) is 0 Å². The lowest BCUT2D eigenvalue weighted by molar-refractivity contribution is 0.214. The Kier molecular flexibility index (Phi) is 5.29. The zero-order chi connectivity index (χ0) is 19.6. The molecular formula is C21H21N5S. The van der Waals surface area contributed by atoms with Gasteiger partial charge in [0.25, 0.3) is 0 Å². The maximum atomic E-state index is 10.0. The highest BCUT2D eigenvalue weighted by Crippen LogP contribution is 2.54. The molecule has 2 atom stereocenters. The fourth-order valence-corrected chi connectivity index (χ4v) is 4.59. The molecule has 0 radical (unpaired) electrons. The van der Waals surface area contributed by atoms with E-state index >= 15 is 0 Å². The minimum absolute atomic E-state index is 0.0846. The summed E-state index contributed by atoms with van der Waals surface area (Å²) < 4.78 is 0. The van der Waals surface area contributed by atoms with E-state index in [9.17, 15) is 15.8 Å². The standard InChI is InChI=1S/C21H21N5S/c1-3-26-9-8-16-17(10-22)20(25)21(12-23,13-24)19(18(16)11-26)14-4-6-15(27-2)7-5-14/h4-8,18-19H,3,9,11,25H2,1-2H3/t18-,19+/m0/s1. The molecule has 0 amide bonds. The molecule has 0 unspecified atom stereocenters. The smallest absolute Gasteiger partial charge is 0.191 e. The van der Waals surface area contributed by atoms with Gasteiger partial charge in [0.05, 0.1) is 23.4 Å². The van der Waals surface area contributed by atoms with Crippen molar-refractivity contribution >= 4 is 11.8 Å². The maximum Gasteiger partial charge on any atom is 0.191 e. The number of likely N-dealkylation sites (N-methyl/N-ethyl adjacent to an activating group) is 1. The van der Waals surface area contributed by atoms with Crippen molar-refractivity contribution in [2.24, 2.45) is 17.1 Å². The van der Waals surface area contributed by atoms with Crippen LogP contribution in [0.4, 0.5) is 0 Å². The second-order valence-electron chi connectivity index (χ2n) is 6.80. The molecule has 1 aliphatic carbocycles. The number of thioether (sulfide) groups is 1. The largest absolute Gasteiger partial charge is 0.399 e. The minimum atomic E-state index is -1.55. The van der Waals surface area contributed by atoms with Gasteiger partial charge in [-0.25, -0.2) is 0 Å². The summed E-state index contributed by atoms with van der Waals surface area (Å²) in [5.41, 5.74) is 6.92. The SMILES string of the molecule is CCN1CC=C2C(C#N)=C(N)C(C#N)(C#N)[C@H](c3ccc(SC)cc3)[C@H]2C1. The monoisotopic (exact) mass is 375 g/mol. The zero-order valence-corrected chi connectivity index (χ0v) is 16.3. The number of nitriles is 3. The third kappa shape index (κ3) is 2.90. The first-order valence-electron chi connectivity index (χ1n) is 8.85. The number of nitrogens with two attached hydrogens (primary N) is 1. The second-order valence-corrected chi connectivity index (χ2v) is 7.68. The average Bonchev–Trinajstić information content (AvgIpc) is 2.73. The number of benzene rings is 1. The van der Waals surface area contributed by atoms with Gasteiger partial charge >= 0.3 is 0 Å². The molecule has 3 rings (SSSR count). The summed E-state index contributed by atoms with van der Waals surface area (Å²) >= 11 is 1.64. The Morgan fingerprint density at radius 2 is 1.89 bits per heavy atom. The number of allylic oxidation sites excluding steroid dienone is 2. The first-order chi connectivity index (χ1) is 13.1. The predicted octanol–water partition coefficient (Wildman–Crippen LogP) is 3.15. The van der Waals surface area contributed by atoms with Crippen LogP contribution >= 0.6 is 11.8 Å². The highest BCUT2D eigenvalue weighted by Gasteiger charge is 2.54. The summed E-state index contributed by atoms with van der Waals surface area (Å²) in [5.74, 6) is -0.541. The van der Waals surface area contributed by atoms with Gasteiger partial charge in [-0.1, -0.05) is 25.1 Å². The lowest BCUT2D eigenvalue weighted by Crippen LogP contribution is -2.48. The number of hydrogen-bond acceptors (Lipinski definition) is 6. The molecule has 27 heavy (non-hydrogen) atoms. The Morgan fingerprint density at radius 1 is 1.22 bits per heavy atom. The molecule has 0 fully saturated rings. The van der Waals surface area contributed by atoms with Crippen molar-refractivity contribution in [1.82, 2.24) is 4.90 Å². The van der Waals surface area contributed by atoms with E-state index in [4.69, 9.17) is 5.73 Å². The highest BCUT2D eigenvalue weighted by atomic mass is 32.2. The van der Waals surface area contributed by atoms with Crippen LogP contribution < -0.4 is 5.73 Å². The Morgan fingerprint density at radius 3 is 2.41 bits per heavy atom. The van der Waals surface area contributed by atoms with Crippen molar-refractivity contribution in [2.45, 2.75) is 17.7 Å². The molecule has 2 aliphatic rings. The number of rotatable bonds is 3. The third-order valence-corrected chi connectivity index (χ3v) is 6.41. The molecule has 5 nitrogen and oxygen atoms in total. The van der Waals surface area contributed by atoms with Crippen molar-refractivity contribution in [3.8, 4) is 18.2 Å². The van der Waals surface area contributed by atoms with Crippen molar-refractivity contribution in [3.63, 3.8) is 0 Å². The van der Waals surface area contributed by atoms with Crippen LogP contribution in [-0.2, 0) is 0 Å². The minimum Gasteiger partial charge on any atom is -0.399 e. The number of hydrogen-bond donors (Lipinski definition) is 1. The van der Waals surface area contributed by atoms with Gasteiger partial charge < -0.3 is 5.73 Å². The highest BCUT2D eigenvalue weighted by molar-refractivity contribution is 7.98. The van der Waals surface area contributed by atoms with Crippen LogP contribution in [-0.4, -0.2) is 30.8 Å². The summed E-state index contributed by atoms with van der Waals surface area (Å²) in [6.07, 6.45) is 4.04. The molecule has 1 aliphatic heterocycles. The molecule has 0 spiro atoms. The average molecular weight is 376 g/mol. The molecule has 1 aromatic rings. The lowest BCUT2D eigenvalue weighted by Gasteiger charge is -2.45. The van der Waals surface area contributed by atoms with Crippen LogP contribution in [0.1, 0.15) is 18.4 Å². The van der Waals surface area contributed by atoms with Crippen LogP contribution in [0.5, 0.6) is 0 Å². The van der Waals surface area contributed by atoms with Crippen LogP contribution in [0.25, 0.3) is 0 Å². The maximum absolute atomic E-state index is 10.0. The number of fused-ring (bicyclic) bond motifs is 1. The zero-order valence-electron chi connectivity index (χ0n) is 15.4. The lowest BCUT2D eigenvalue weighted by atomic mass is 9.58. The molecule has 0 bridgehead atoms. The Labute approximate surface area is 164 Å². The second kappa shape index (κ2) is 7.49. The molecule has 0 saturated heterocycles. The molecule has 1 heterocycles. The summed E-state index contributed by atoms with van der Waals surface area (Å²) in [5, 5.41) is 29.8. The van der Waals surface area contributed by atoms with E-state index in [0.29, 0.717) is 12.1 Å². The van der Waals surface area contributed by atoms with Crippen molar-refractivity contribution in [2.75, 3.05) is 25.9 Å². The van der Waals surface area contributed by atoms with Gasteiger partial charge in [-0.15, -0.1) is 11.8 Å². The summed E-state index contributed by atoms with van der Waals surface area (Å²) in [7, 11) is 0. The molecule has 2 N–H and O–H groups in total. The van der Waals surface area contributed by atoms with Crippen LogP contribution in [0.3, 0.4) is 0 Å². The molecule has 136 valence electrons. The van der Waals surface area contributed by atoms with Crippen molar-refractivity contribution in [3.05, 3.63) is 52.7 Å². The summed E-state index contributed by atoms with van der Waals surface area (Å²) in [6.45, 7) is 4.39. The van der Waals surface area contributed by atoms with Gasteiger partial charge in [-0.3, -0.25) is 4.90 Å². The first-order valence-corrected chi connectivity index (χ1v) is 10.1. The van der Waals surface area contributed by atoms with E-state index in [1.807, 2.05) is 36.6 Å². The van der Waals surface area contributed by atoms with E-state index in [-0.39, 0.29) is 11.6 Å². The normalized spacial score (nSPS) is 24.2. The predicted molar refractivity (Wildman–Crippen MR) is 105 cm³/mol. The summed E-state index contributed by atoms with van der Waals surface area (Å²) in [6, 6.07) is 14.5. The Bertz CT molecular complexity index is 909.